The van der Waals surface area contributed by atoms with Crippen LogP contribution >= 0.6 is 15.9 Å². The van der Waals surface area contributed by atoms with E-state index in [1.54, 1.807) is 0 Å². The summed E-state index contributed by atoms with van der Waals surface area (Å²) in [5.74, 6) is 2.57. The minimum Gasteiger partial charge on any atom is -0.483 e. The molecule has 4 heteroatoms. The van der Waals surface area contributed by atoms with Crippen molar-refractivity contribution in [2.45, 2.75) is 25.5 Å². The highest BCUT2D eigenvalue weighted by atomic mass is 79.9. The molecule has 1 aliphatic carbocycles. The molecule has 2 aliphatic heterocycles. The summed E-state index contributed by atoms with van der Waals surface area (Å²) in [7, 11) is 0. The Morgan fingerprint density at radius 1 is 1.08 bits per heavy atom. The van der Waals surface area contributed by atoms with Gasteiger partial charge in [0.15, 0.2) is 0 Å². The standard InChI is InChI=1S/C22H25BrN2O/c1-14-6-7-21(19(23)8-14)26-22-18-5-3-2-4-15(18)9-20(22)25-12-16-10-24-11-17(16)13-25/h2-8,16-17,20,22,24H,9-13H2,1H3/t16-,17+,20-,22-/m1/s1. The summed E-state index contributed by atoms with van der Waals surface area (Å²) in [4.78, 5) is 2.70. The van der Waals surface area contributed by atoms with Gasteiger partial charge in [-0.05, 0) is 83.0 Å². The molecule has 2 fully saturated rings. The molecule has 4 atom stereocenters. The predicted molar refractivity (Wildman–Crippen MR) is 108 cm³/mol. The molecule has 2 aromatic carbocycles. The van der Waals surface area contributed by atoms with Crippen LogP contribution in [0, 0.1) is 18.8 Å². The fourth-order valence-electron chi connectivity index (χ4n) is 5.00. The summed E-state index contributed by atoms with van der Waals surface area (Å²) in [5.41, 5.74) is 4.05. The van der Waals surface area contributed by atoms with Gasteiger partial charge in [-0.1, -0.05) is 30.3 Å². The number of fused-ring (bicyclic) bond motifs is 2. The highest BCUT2D eigenvalue weighted by Gasteiger charge is 2.44. The second kappa shape index (κ2) is 6.66. The maximum atomic E-state index is 6.63. The van der Waals surface area contributed by atoms with E-state index in [1.165, 1.54) is 42.9 Å². The van der Waals surface area contributed by atoms with Gasteiger partial charge >= 0.3 is 0 Å². The fourth-order valence-corrected chi connectivity index (χ4v) is 5.59. The lowest BCUT2D eigenvalue weighted by atomic mass is 10.0. The zero-order valence-corrected chi connectivity index (χ0v) is 16.7. The summed E-state index contributed by atoms with van der Waals surface area (Å²) in [6.07, 6.45) is 1.20. The van der Waals surface area contributed by atoms with E-state index >= 15 is 0 Å². The van der Waals surface area contributed by atoms with Crippen molar-refractivity contribution in [3.63, 3.8) is 0 Å². The molecule has 0 radical (unpaired) electrons. The highest BCUT2D eigenvalue weighted by Crippen LogP contribution is 2.42. The minimum atomic E-state index is 0.108. The normalized spacial score (nSPS) is 30.4. The molecule has 0 spiro atoms. The maximum absolute atomic E-state index is 6.63. The van der Waals surface area contributed by atoms with E-state index in [1.807, 2.05) is 0 Å². The van der Waals surface area contributed by atoms with Crippen LogP contribution in [-0.4, -0.2) is 37.1 Å². The number of ether oxygens (including phenoxy) is 1. The predicted octanol–water partition coefficient (Wildman–Crippen LogP) is 3.95. The van der Waals surface area contributed by atoms with Crippen molar-refractivity contribution in [2.24, 2.45) is 11.8 Å². The number of hydrogen-bond acceptors (Lipinski definition) is 3. The number of nitrogens with one attached hydrogen (secondary N) is 1. The molecule has 1 N–H and O–H groups in total. The van der Waals surface area contributed by atoms with Crippen LogP contribution in [0.15, 0.2) is 46.9 Å². The summed E-state index contributed by atoms with van der Waals surface area (Å²) in [6.45, 7) is 6.86. The smallest absolute Gasteiger partial charge is 0.140 e. The van der Waals surface area contributed by atoms with E-state index in [2.05, 4.69) is 75.5 Å². The Balaban J connectivity index is 1.45. The van der Waals surface area contributed by atoms with Gasteiger partial charge < -0.3 is 10.1 Å². The molecule has 0 unspecified atom stereocenters. The topological polar surface area (TPSA) is 24.5 Å². The number of hydrogen-bond donors (Lipinski definition) is 1. The number of benzene rings is 2. The zero-order chi connectivity index (χ0) is 17.7. The summed E-state index contributed by atoms with van der Waals surface area (Å²) in [6, 6.07) is 15.6. The summed E-state index contributed by atoms with van der Waals surface area (Å²) < 4.78 is 7.68. The number of aryl methyl sites for hydroxylation is 1. The van der Waals surface area contributed by atoms with Gasteiger partial charge in [-0.3, -0.25) is 4.90 Å². The summed E-state index contributed by atoms with van der Waals surface area (Å²) >= 11 is 3.69. The van der Waals surface area contributed by atoms with Crippen molar-refractivity contribution in [1.82, 2.24) is 10.2 Å². The monoisotopic (exact) mass is 412 g/mol. The Bertz CT molecular complexity index is 812. The van der Waals surface area contributed by atoms with E-state index in [-0.39, 0.29) is 6.10 Å². The van der Waals surface area contributed by atoms with Gasteiger partial charge in [0.05, 0.1) is 10.5 Å². The molecule has 3 aliphatic rings. The van der Waals surface area contributed by atoms with E-state index in [0.29, 0.717) is 6.04 Å². The van der Waals surface area contributed by atoms with Crippen molar-refractivity contribution in [3.05, 3.63) is 63.6 Å². The van der Waals surface area contributed by atoms with Gasteiger partial charge in [0, 0.05) is 13.1 Å². The molecule has 26 heavy (non-hydrogen) atoms. The van der Waals surface area contributed by atoms with Crippen LogP contribution in [0.3, 0.4) is 0 Å². The number of rotatable bonds is 3. The minimum absolute atomic E-state index is 0.108. The number of likely N-dealkylation sites (tertiary alicyclic amines) is 1. The van der Waals surface area contributed by atoms with Crippen LogP contribution in [0.4, 0.5) is 0 Å². The molecule has 5 rings (SSSR count). The van der Waals surface area contributed by atoms with Crippen LogP contribution in [-0.2, 0) is 6.42 Å². The average Bonchev–Trinajstić information content (AvgIpc) is 3.30. The van der Waals surface area contributed by atoms with Gasteiger partial charge in [0.25, 0.3) is 0 Å². The number of halogens is 1. The van der Waals surface area contributed by atoms with Crippen molar-refractivity contribution in [1.29, 1.82) is 0 Å². The lowest BCUT2D eigenvalue weighted by Gasteiger charge is -2.31. The molecule has 0 bridgehead atoms. The van der Waals surface area contributed by atoms with Crippen molar-refractivity contribution in [3.8, 4) is 5.75 Å². The third-order valence-electron chi connectivity index (χ3n) is 6.37. The molecule has 0 amide bonds. The molecule has 3 nitrogen and oxygen atoms in total. The van der Waals surface area contributed by atoms with Crippen LogP contribution in [0.1, 0.15) is 22.8 Å². The fraction of sp³-hybridized carbons (Fsp3) is 0.455. The van der Waals surface area contributed by atoms with Gasteiger partial charge in [0.2, 0.25) is 0 Å². The van der Waals surface area contributed by atoms with Crippen LogP contribution in [0.2, 0.25) is 0 Å². The second-order valence-corrected chi connectivity index (χ2v) is 8.93. The third kappa shape index (κ3) is 2.88. The molecule has 2 aromatic rings. The lowest BCUT2D eigenvalue weighted by molar-refractivity contribution is 0.0884. The van der Waals surface area contributed by atoms with Crippen LogP contribution < -0.4 is 10.1 Å². The molecule has 0 aromatic heterocycles. The van der Waals surface area contributed by atoms with E-state index in [4.69, 9.17) is 4.74 Å². The Hall–Kier alpha value is -1.36. The van der Waals surface area contributed by atoms with Crippen molar-refractivity contribution in [2.75, 3.05) is 26.2 Å². The van der Waals surface area contributed by atoms with Crippen LogP contribution in [0.5, 0.6) is 5.75 Å². The molecule has 2 saturated heterocycles. The van der Waals surface area contributed by atoms with E-state index in [9.17, 15) is 0 Å². The van der Waals surface area contributed by atoms with Gasteiger partial charge in [0.1, 0.15) is 11.9 Å². The SMILES string of the molecule is Cc1ccc(O[C@@H]2c3ccccc3C[C@H]2N2C[C@H]3CNC[C@H]3C2)c(Br)c1. The zero-order valence-electron chi connectivity index (χ0n) is 15.1. The Labute approximate surface area is 163 Å². The Kier molecular flexibility index (Phi) is 4.30. The second-order valence-electron chi connectivity index (χ2n) is 8.07. The largest absolute Gasteiger partial charge is 0.483 e. The van der Waals surface area contributed by atoms with Gasteiger partial charge in [-0.2, -0.15) is 0 Å². The molecular formula is C22H25BrN2O. The lowest BCUT2D eigenvalue weighted by Crippen LogP contribution is -2.40. The van der Waals surface area contributed by atoms with Gasteiger partial charge in [-0.25, -0.2) is 0 Å². The Morgan fingerprint density at radius 2 is 1.85 bits per heavy atom. The molecular weight excluding hydrogens is 388 g/mol. The maximum Gasteiger partial charge on any atom is 0.140 e. The Morgan fingerprint density at radius 3 is 2.62 bits per heavy atom. The van der Waals surface area contributed by atoms with Gasteiger partial charge in [-0.15, -0.1) is 0 Å². The molecule has 2 heterocycles. The van der Waals surface area contributed by atoms with Crippen LogP contribution in [0.25, 0.3) is 0 Å². The molecule has 0 saturated carbocycles. The average molecular weight is 413 g/mol. The van der Waals surface area contributed by atoms with Crippen molar-refractivity contribution < 1.29 is 4.74 Å². The van der Waals surface area contributed by atoms with E-state index < -0.39 is 0 Å². The van der Waals surface area contributed by atoms with E-state index in [0.717, 1.165) is 28.5 Å². The number of nitrogens with zero attached hydrogens (tertiary/aromatic N) is 1. The molecule has 136 valence electrons. The third-order valence-corrected chi connectivity index (χ3v) is 6.99. The first-order valence-corrected chi connectivity index (χ1v) is 10.4. The summed E-state index contributed by atoms with van der Waals surface area (Å²) in [5, 5.41) is 3.55. The van der Waals surface area contributed by atoms with Crippen molar-refractivity contribution >= 4 is 15.9 Å². The first-order chi connectivity index (χ1) is 12.7. The first-order valence-electron chi connectivity index (χ1n) is 9.64. The highest BCUT2D eigenvalue weighted by molar-refractivity contribution is 9.10. The quantitative estimate of drug-likeness (QED) is 0.825. The first kappa shape index (κ1) is 16.8.